The molecule has 6 nitrogen and oxygen atoms in total. The summed E-state index contributed by atoms with van der Waals surface area (Å²) in [7, 11) is 0. The zero-order valence-electron chi connectivity index (χ0n) is 18.6. The van der Waals surface area contributed by atoms with Gasteiger partial charge in [-0.2, -0.15) is 0 Å². The van der Waals surface area contributed by atoms with Gasteiger partial charge in [0.05, 0.1) is 0 Å². The van der Waals surface area contributed by atoms with Crippen molar-refractivity contribution in [2.75, 3.05) is 32.0 Å². The summed E-state index contributed by atoms with van der Waals surface area (Å²) >= 11 is 1.45. The van der Waals surface area contributed by atoms with Gasteiger partial charge in [0.25, 0.3) is 0 Å². The van der Waals surface area contributed by atoms with E-state index in [4.69, 9.17) is 9.47 Å². The Hall–Kier alpha value is -2.61. The number of aliphatic hydroxyl groups excluding tert-OH is 1. The van der Waals surface area contributed by atoms with E-state index in [2.05, 4.69) is 4.90 Å². The van der Waals surface area contributed by atoms with Gasteiger partial charge in [-0.15, -0.1) is 11.8 Å². The first-order valence-electron chi connectivity index (χ1n) is 11.3. The normalized spacial score (nSPS) is 20.8. The Bertz CT molecular complexity index is 1120. The van der Waals surface area contributed by atoms with Gasteiger partial charge >= 0.3 is 0 Å². The smallest absolute Gasteiger partial charge is 0.243 e. The molecule has 0 amide bonds. The predicted molar refractivity (Wildman–Crippen MR) is 127 cm³/mol. The van der Waals surface area contributed by atoms with Crippen molar-refractivity contribution in [2.24, 2.45) is 0 Å². The average molecular weight is 466 g/mol. The number of aryl methyl sites for hydroxylation is 1. The standard InChI is InChI=1S/C26H27NO5S/c1-17-6-2-5-9-21(17)31-15-18(28)14-27-12-10-26(11-13-27)16-33-25-23(30)22(29)19-7-3-4-8-20(19)24(25)32-26/h2-9,18,28H,10-16H2,1H3/t18-/m0/s1. The van der Waals surface area contributed by atoms with Gasteiger partial charge < -0.3 is 19.5 Å². The summed E-state index contributed by atoms with van der Waals surface area (Å²) in [5.74, 6) is 1.10. The summed E-state index contributed by atoms with van der Waals surface area (Å²) in [6.07, 6.45) is 1.02. The fraction of sp³-hybridized carbons (Fsp3) is 0.385. The number of piperidine rings is 1. The summed E-state index contributed by atoms with van der Waals surface area (Å²) in [5.41, 5.74) is 1.83. The highest BCUT2D eigenvalue weighted by atomic mass is 32.2. The van der Waals surface area contributed by atoms with Gasteiger partial charge in [-0.05, 0) is 18.6 Å². The first-order chi connectivity index (χ1) is 16.0. The summed E-state index contributed by atoms with van der Waals surface area (Å²) in [5, 5.41) is 10.5. The zero-order valence-corrected chi connectivity index (χ0v) is 19.4. The van der Waals surface area contributed by atoms with E-state index in [1.165, 1.54) is 11.8 Å². The molecule has 2 aromatic rings. The molecule has 1 fully saturated rings. The molecule has 1 saturated heterocycles. The number of ether oxygens (including phenoxy) is 2. The predicted octanol–water partition coefficient (Wildman–Crippen LogP) is 3.47. The number of likely N-dealkylation sites (tertiary alicyclic amines) is 1. The van der Waals surface area contributed by atoms with Crippen LogP contribution in [0.5, 0.6) is 5.75 Å². The van der Waals surface area contributed by atoms with Gasteiger partial charge in [-0.3, -0.25) is 9.59 Å². The molecule has 0 aromatic heterocycles. The van der Waals surface area contributed by atoms with Crippen LogP contribution in [0.4, 0.5) is 0 Å². The van der Waals surface area contributed by atoms with Gasteiger partial charge in [0.1, 0.15) is 34.7 Å². The molecule has 2 aliphatic heterocycles. The molecule has 5 rings (SSSR count). The largest absolute Gasteiger partial charge is 0.491 e. The number of Topliss-reactive ketones (excluding diaryl/α,β-unsaturated/α-hetero) is 2. The van der Waals surface area contributed by atoms with Crippen LogP contribution in [0.3, 0.4) is 0 Å². The molecule has 3 aliphatic rings. The second-order valence-electron chi connectivity index (χ2n) is 8.97. The number of hydrogen-bond donors (Lipinski definition) is 1. The molecule has 0 bridgehead atoms. The summed E-state index contributed by atoms with van der Waals surface area (Å²) in [6.45, 7) is 4.36. The van der Waals surface area contributed by atoms with Crippen LogP contribution in [0.1, 0.15) is 34.3 Å². The minimum atomic E-state index is -0.580. The highest BCUT2D eigenvalue weighted by Crippen LogP contribution is 2.47. The third-order valence-electron chi connectivity index (χ3n) is 6.59. The number of fused-ring (bicyclic) bond motifs is 2. The van der Waals surface area contributed by atoms with Crippen molar-refractivity contribution >= 4 is 29.1 Å². The lowest BCUT2D eigenvalue weighted by Gasteiger charge is -2.45. The minimum Gasteiger partial charge on any atom is -0.491 e. The van der Waals surface area contributed by atoms with Gasteiger partial charge in [0.2, 0.25) is 11.6 Å². The second-order valence-corrected chi connectivity index (χ2v) is 9.95. The van der Waals surface area contributed by atoms with Crippen molar-refractivity contribution in [3.05, 3.63) is 70.1 Å². The van der Waals surface area contributed by atoms with Crippen LogP contribution < -0.4 is 4.74 Å². The molecule has 1 N–H and O–H groups in total. The summed E-state index contributed by atoms with van der Waals surface area (Å²) in [6, 6.07) is 15.0. The van der Waals surface area contributed by atoms with E-state index in [0.717, 1.165) is 42.8 Å². The van der Waals surface area contributed by atoms with E-state index in [-0.39, 0.29) is 12.2 Å². The van der Waals surface area contributed by atoms with Crippen molar-refractivity contribution in [1.82, 2.24) is 4.90 Å². The molecule has 2 heterocycles. The van der Waals surface area contributed by atoms with E-state index < -0.39 is 17.7 Å². The third-order valence-corrected chi connectivity index (χ3v) is 7.92. The number of thioether (sulfide) groups is 1. The molecular formula is C26H27NO5S. The molecule has 172 valence electrons. The lowest BCUT2D eigenvalue weighted by atomic mass is 9.90. The molecule has 2 aromatic carbocycles. The third kappa shape index (κ3) is 4.33. The van der Waals surface area contributed by atoms with Crippen LogP contribution in [-0.2, 0) is 9.53 Å². The molecule has 7 heteroatoms. The fourth-order valence-electron chi connectivity index (χ4n) is 4.66. The van der Waals surface area contributed by atoms with Crippen molar-refractivity contribution in [3.8, 4) is 5.75 Å². The molecule has 0 radical (unpaired) electrons. The van der Waals surface area contributed by atoms with Gasteiger partial charge in [-0.25, -0.2) is 0 Å². The molecule has 0 unspecified atom stereocenters. The topological polar surface area (TPSA) is 76.1 Å². The Morgan fingerprint density at radius 3 is 2.52 bits per heavy atom. The molecule has 1 atom stereocenters. The van der Waals surface area contributed by atoms with Gasteiger partial charge in [0.15, 0.2) is 0 Å². The fourth-order valence-corrected chi connectivity index (χ4v) is 5.92. The van der Waals surface area contributed by atoms with Crippen LogP contribution in [0.2, 0.25) is 0 Å². The number of allylic oxidation sites excluding steroid dienone is 1. The van der Waals surface area contributed by atoms with Crippen molar-refractivity contribution < 1.29 is 24.2 Å². The Balaban J connectivity index is 1.20. The quantitative estimate of drug-likeness (QED) is 0.678. The highest BCUT2D eigenvalue weighted by molar-refractivity contribution is 8.04. The zero-order chi connectivity index (χ0) is 23.0. The number of hydrogen-bond acceptors (Lipinski definition) is 7. The number of aliphatic hydroxyl groups is 1. The second kappa shape index (κ2) is 8.97. The van der Waals surface area contributed by atoms with Crippen LogP contribution in [0.25, 0.3) is 5.76 Å². The lowest BCUT2D eigenvalue weighted by molar-refractivity contribution is -0.111. The van der Waals surface area contributed by atoms with E-state index in [1.54, 1.807) is 12.1 Å². The molecule has 1 aliphatic carbocycles. The molecular weight excluding hydrogens is 438 g/mol. The average Bonchev–Trinajstić information content (AvgIpc) is 2.84. The number of β-amino-alcohol motifs (C(OH)–C–C–N with tert-alkyl or cyclic N) is 1. The molecule has 33 heavy (non-hydrogen) atoms. The maximum Gasteiger partial charge on any atom is 0.243 e. The van der Waals surface area contributed by atoms with E-state index in [0.29, 0.717) is 28.5 Å². The van der Waals surface area contributed by atoms with E-state index in [1.807, 2.05) is 43.3 Å². The minimum absolute atomic E-state index is 0.252. The van der Waals surface area contributed by atoms with Gasteiger partial charge in [-0.1, -0.05) is 42.5 Å². The number of ketones is 2. The van der Waals surface area contributed by atoms with Crippen LogP contribution >= 0.6 is 11.8 Å². The Morgan fingerprint density at radius 2 is 1.76 bits per heavy atom. The number of carbonyl (C=O) groups excluding carboxylic acids is 2. The number of carbonyl (C=O) groups is 2. The molecule has 1 spiro atoms. The van der Waals surface area contributed by atoms with Crippen LogP contribution in [0.15, 0.2) is 53.4 Å². The maximum absolute atomic E-state index is 12.6. The monoisotopic (exact) mass is 465 g/mol. The van der Waals surface area contributed by atoms with E-state index >= 15 is 0 Å². The summed E-state index contributed by atoms with van der Waals surface area (Å²) in [4.78, 5) is 27.7. The Kier molecular flexibility index (Phi) is 6.03. The SMILES string of the molecule is Cc1ccccc1OC[C@@H](O)CN1CCC2(CC1)CSC1=C(O2)c2ccccc2C(=O)C1=O. The van der Waals surface area contributed by atoms with Crippen molar-refractivity contribution in [3.63, 3.8) is 0 Å². The highest BCUT2D eigenvalue weighted by Gasteiger charge is 2.46. The van der Waals surface area contributed by atoms with Gasteiger partial charge in [0, 0.05) is 49.4 Å². The first kappa shape index (κ1) is 22.2. The Morgan fingerprint density at radius 1 is 1.06 bits per heavy atom. The number of rotatable bonds is 5. The maximum atomic E-state index is 12.6. The lowest BCUT2D eigenvalue weighted by Crippen LogP contribution is -2.51. The van der Waals surface area contributed by atoms with Crippen molar-refractivity contribution in [2.45, 2.75) is 31.5 Å². The first-order valence-corrected chi connectivity index (χ1v) is 12.3. The number of benzene rings is 2. The van der Waals surface area contributed by atoms with E-state index in [9.17, 15) is 14.7 Å². The number of nitrogens with zero attached hydrogens (tertiary/aromatic N) is 1. The summed E-state index contributed by atoms with van der Waals surface area (Å²) < 4.78 is 12.3. The van der Waals surface area contributed by atoms with Crippen molar-refractivity contribution in [1.29, 1.82) is 0 Å². The number of para-hydroxylation sites is 1. The Labute approximate surface area is 197 Å². The van der Waals surface area contributed by atoms with Crippen LogP contribution in [0, 0.1) is 6.92 Å². The van der Waals surface area contributed by atoms with Crippen LogP contribution in [-0.4, -0.2) is 65.3 Å². The molecule has 0 saturated carbocycles.